The van der Waals surface area contributed by atoms with Crippen LogP contribution in [0, 0.1) is 5.92 Å². The van der Waals surface area contributed by atoms with Gasteiger partial charge in [0.05, 0.1) is 39.1 Å². The summed E-state index contributed by atoms with van der Waals surface area (Å²) in [4.78, 5) is 5.02. The van der Waals surface area contributed by atoms with E-state index in [4.69, 9.17) is 11.5 Å². The van der Waals surface area contributed by atoms with Gasteiger partial charge in [-0.3, -0.25) is 18.3 Å². The number of benzene rings is 5. The van der Waals surface area contributed by atoms with E-state index in [9.17, 15) is 0 Å². The topological polar surface area (TPSA) is 78.2 Å². The molecule has 73 heavy (non-hydrogen) atoms. The first-order valence-corrected chi connectivity index (χ1v) is 26.1. The maximum absolute atomic E-state index is 7.21. The summed E-state index contributed by atoms with van der Waals surface area (Å²) in [5.41, 5.74) is 26.4. The zero-order valence-electron chi connectivity index (χ0n) is 41.1. The highest BCUT2D eigenvalue weighted by atomic mass is 15.3. The number of rotatable bonds is 9. The molecule has 0 spiro atoms. The minimum atomic E-state index is 0.152. The third-order valence-corrected chi connectivity index (χ3v) is 16.3. The third-order valence-electron chi connectivity index (χ3n) is 16.3. The lowest BCUT2D eigenvalue weighted by Crippen LogP contribution is -2.32. The van der Waals surface area contributed by atoms with Crippen molar-refractivity contribution >= 4 is 101 Å². The van der Waals surface area contributed by atoms with Gasteiger partial charge in [0.15, 0.2) is 0 Å². The van der Waals surface area contributed by atoms with Crippen molar-refractivity contribution in [3.05, 3.63) is 217 Å². The summed E-state index contributed by atoms with van der Waals surface area (Å²) in [6, 6.07) is 40.2. The van der Waals surface area contributed by atoms with Crippen molar-refractivity contribution in [2.45, 2.75) is 50.6 Å². The lowest BCUT2D eigenvalue weighted by atomic mass is 10.0. The first-order valence-electron chi connectivity index (χ1n) is 26.1. The Kier molecular flexibility index (Phi) is 10.2. The lowest BCUT2D eigenvalue weighted by Gasteiger charge is -2.33. The van der Waals surface area contributed by atoms with E-state index >= 15 is 0 Å². The molecule has 0 bridgehead atoms. The van der Waals surface area contributed by atoms with Crippen LogP contribution in [0.1, 0.15) is 48.2 Å². The van der Waals surface area contributed by atoms with Crippen LogP contribution >= 0.6 is 0 Å². The molecule has 9 aromatic rings. The van der Waals surface area contributed by atoms with Crippen molar-refractivity contribution in [1.82, 2.24) is 28.1 Å². The Morgan fingerprint density at radius 2 is 1.15 bits per heavy atom. The van der Waals surface area contributed by atoms with Crippen LogP contribution in [0.3, 0.4) is 0 Å². The summed E-state index contributed by atoms with van der Waals surface area (Å²) in [6.45, 7) is 0.956. The second-order valence-electron chi connectivity index (χ2n) is 20.3. The summed E-state index contributed by atoms with van der Waals surface area (Å²) in [7, 11) is 2.21. The summed E-state index contributed by atoms with van der Waals surface area (Å²) < 4.78 is 9.47. The van der Waals surface area contributed by atoms with E-state index in [0.717, 1.165) is 73.3 Å². The maximum Gasteiger partial charge on any atom is 0.113 e. The Bertz CT molecular complexity index is 4080. The number of fused-ring (bicyclic) bond motifs is 13. The molecule has 4 aromatic heterocycles. The van der Waals surface area contributed by atoms with Crippen LogP contribution in [0.25, 0.3) is 101 Å². The van der Waals surface area contributed by atoms with E-state index in [1.807, 2.05) is 0 Å². The predicted molar refractivity (Wildman–Crippen MR) is 308 cm³/mol. The first-order chi connectivity index (χ1) is 36.0. The standard InChI is InChI=1S/C65H58N8/c1-68-44(20-2-15-35-62(66)70-54-29-9-3-23-46(54)47-24-4-10-30-55(47)70)21-17-37-64(68)73-59-34-14-8-28-51(59)53-40-60-52(41-61(53)73)50-27-7-11-31-56(50)71(60)63(67)36-16-19-43-39-45-22-18-38-65(69(45)42-43)72-57-32-12-5-25-48(57)49-26-6-13-33-58(49)72/h2-9,11-12,14-19,21-29,31-32,34-38,40-41,43-45H,10,13,20,30,33,39,42,66-67H2,1H3/b15-2-,19-16-,62-35+,63-36+. The number of nitrogens with two attached hydrogens (primary N) is 2. The molecule has 0 saturated carbocycles. The molecule has 2 aliphatic carbocycles. The Morgan fingerprint density at radius 1 is 0.575 bits per heavy atom. The van der Waals surface area contributed by atoms with Crippen molar-refractivity contribution in [3.63, 3.8) is 0 Å². The molecule has 3 atom stereocenters. The average molecular weight is 951 g/mol. The molecule has 7 heterocycles. The quantitative estimate of drug-likeness (QED) is 0.141. The molecule has 4 N–H and O–H groups in total. The first kappa shape index (κ1) is 43.2. The molecule has 0 radical (unpaired) electrons. The van der Waals surface area contributed by atoms with Gasteiger partial charge in [-0.25, -0.2) is 0 Å². The van der Waals surface area contributed by atoms with Gasteiger partial charge >= 0.3 is 0 Å². The number of likely N-dealkylation sites (N-methyl/N-ethyl adjacent to an activating group) is 1. The number of hydrogen-bond acceptors (Lipinski definition) is 4. The van der Waals surface area contributed by atoms with Crippen LogP contribution in [0.2, 0.25) is 0 Å². The third kappa shape index (κ3) is 6.87. The largest absolute Gasteiger partial charge is 0.385 e. The predicted octanol–water partition coefficient (Wildman–Crippen LogP) is 13.9. The van der Waals surface area contributed by atoms with Crippen LogP contribution in [-0.4, -0.2) is 53.7 Å². The van der Waals surface area contributed by atoms with Gasteiger partial charge in [-0.15, -0.1) is 0 Å². The fraction of sp³-hybridized carbons (Fsp3) is 0.169. The average Bonchev–Trinajstić information content (AvgIpc) is 4.24. The van der Waals surface area contributed by atoms with Crippen molar-refractivity contribution in [3.8, 4) is 0 Å². The van der Waals surface area contributed by atoms with Crippen molar-refractivity contribution < 1.29 is 0 Å². The van der Waals surface area contributed by atoms with Crippen LogP contribution in [0.15, 0.2) is 194 Å². The molecular weight excluding hydrogens is 893 g/mol. The molecule has 5 aromatic carbocycles. The van der Waals surface area contributed by atoms with E-state index in [0.29, 0.717) is 17.8 Å². The molecule has 1 saturated heterocycles. The maximum atomic E-state index is 7.21. The minimum absolute atomic E-state index is 0.152. The van der Waals surface area contributed by atoms with Gasteiger partial charge in [0, 0.05) is 74.5 Å². The van der Waals surface area contributed by atoms with E-state index in [1.54, 1.807) is 0 Å². The van der Waals surface area contributed by atoms with E-state index in [1.165, 1.54) is 77.2 Å². The van der Waals surface area contributed by atoms with Gasteiger partial charge in [-0.05, 0) is 105 Å². The number of hydrogen-bond donors (Lipinski definition) is 2. The fourth-order valence-electron chi connectivity index (χ4n) is 12.9. The molecule has 14 rings (SSSR count). The van der Waals surface area contributed by atoms with Crippen LogP contribution < -0.4 is 11.5 Å². The highest BCUT2D eigenvalue weighted by molar-refractivity contribution is 6.19. The Morgan fingerprint density at radius 3 is 1.93 bits per heavy atom. The molecular formula is C65H58N8. The summed E-state index contributed by atoms with van der Waals surface area (Å²) in [6.07, 6.45) is 42.0. The van der Waals surface area contributed by atoms with Gasteiger partial charge in [0.2, 0.25) is 0 Å². The van der Waals surface area contributed by atoms with Gasteiger partial charge in [-0.2, -0.15) is 0 Å². The number of nitrogens with zero attached hydrogens (tertiary/aromatic N) is 6. The second-order valence-corrected chi connectivity index (χ2v) is 20.3. The van der Waals surface area contributed by atoms with E-state index in [2.05, 4.69) is 242 Å². The molecule has 0 amide bonds. The smallest absolute Gasteiger partial charge is 0.113 e. The SMILES string of the molecule is CN1C(n2c3ccccc3c3cc4c(cc32)c2ccccc2n4/C(N)=C/C=C\C2CC3C=CC=C(n4c5c(c6ccccc64)C=CCC5)N3C2)=CC=CC1C/C=C\C=C(/N)n1c2c(c3ccccc31)C=CCC2. The summed E-state index contributed by atoms with van der Waals surface area (Å²) in [5, 5.41) is 7.34. The van der Waals surface area contributed by atoms with Crippen LogP contribution in [-0.2, 0) is 12.8 Å². The van der Waals surface area contributed by atoms with Crippen molar-refractivity contribution in [2.75, 3.05) is 13.6 Å². The van der Waals surface area contributed by atoms with Crippen molar-refractivity contribution in [2.24, 2.45) is 17.4 Å². The molecule has 5 aliphatic rings. The molecule has 3 aliphatic heterocycles. The number of para-hydroxylation sites is 4. The van der Waals surface area contributed by atoms with Crippen molar-refractivity contribution in [1.29, 1.82) is 0 Å². The zero-order valence-corrected chi connectivity index (χ0v) is 41.1. The molecule has 1 fully saturated rings. The monoisotopic (exact) mass is 950 g/mol. The van der Waals surface area contributed by atoms with Gasteiger partial charge in [0.1, 0.15) is 23.3 Å². The van der Waals surface area contributed by atoms with E-state index < -0.39 is 0 Å². The minimum Gasteiger partial charge on any atom is -0.385 e. The molecule has 8 nitrogen and oxygen atoms in total. The summed E-state index contributed by atoms with van der Waals surface area (Å²) >= 11 is 0. The molecule has 3 unspecified atom stereocenters. The highest BCUT2D eigenvalue weighted by Gasteiger charge is 2.34. The van der Waals surface area contributed by atoms with Gasteiger partial charge < -0.3 is 21.3 Å². The second kappa shape index (κ2) is 17.3. The van der Waals surface area contributed by atoms with E-state index in [-0.39, 0.29) is 6.04 Å². The Hall–Kier alpha value is -8.62. The van der Waals surface area contributed by atoms with Gasteiger partial charge in [-0.1, -0.05) is 146 Å². The number of aromatic nitrogens is 4. The number of allylic oxidation sites excluding steroid dienone is 10. The Balaban J connectivity index is 0.755. The molecule has 8 heteroatoms. The molecule has 358 valence electrons. The Labute approximate surface area is 425 Å². The van der Waals surface area contributed by atoms with Gasteiger partial charge in [0.25, 0.3) is 0 Å². The lowest BCUT2D eigenvalue weighted by molar-refractivity contribution is 0.387. The van der Waals surface area contributed by atoms with Crippen LogP contribution in [0.4, 0.5) is 0 Å². The normalized spacial score (nSPS) is 20.0. The summed E-state index contributed by atoms with van der Waals surface area (Å²) in [5.74, 6) is 4.24. The van der Waals surface area contributed by atoms with Crippen LogP contribution in [0.5, 0.6) is 0 Å². The zero-order chi connectivity index (χ0) is 48.7. The highest BCUT2D eigenvalue weighted by Crippen LogP contribution is 2.42. The fourth-order valence-corrected chi connectivity index (χ4v) is 12.9.